The van der Waals surface area contributed by atoms with Crippen molar-refractivity contribution in [3.05, 3.63) is 43.7 Å². The van der Waals surface area contributed by atoms with Crippen molar-refractivity contribution in [2.75, 3.05) is 123 Å². The summed E-state index contributed by atoms with van der Waals surface area (Å²) in [6, 6.07) is 0. The summed E-state index contributed by atoms with van der Waals surface area (Å²) < 4.78 is 5.43. The second kappa shape index (κ2) is 32.9. The lowest BCUT2D eigenvalue weighted by atomic mass is 10.1. The fourth-order valence-corrected chi connectivity index (χ4v) is 18.8. The van der Waals surface area contributed by atoms with Crippen LogP contribution in [0.4, 0.5) is 11.4 Å². The largest absolute Gasteiger partial charge is 0.478 e. The van der Waals surface area contributed by atoms with Gasteiger partial charge in [0.2, 0.25) is 0 Å². The first kappa shape index (κ1) is 67.2. The molecule has 3 aromatic carbocycles. The van der Waals surface area contributed by atoms with Crippen LogP contribution >= 0.6 is 237 Å². The Morgan fingerprint density at radius 1 is 0.449 bits per heavy atom. The summed E-state index contributed by atoms with van der Waals surface area (Å²) in [5, 5.41) is 61.0. The van der Waals surface area contributed by atoms with Gasteiger partial charge in [0.05, 0.1) is 59.4 Å². The second-order valence-corrected chi connectivity index (χ2v) is 26.4. The first-order valence-electron chi connectivity index (χ1n) is 21.8. The van der Waals surface area contributed by atoms with E-state index >= 15 is 0 Å². The van der Waals surface area contributed by atoms with Crippen molar-refractivity contribution in [3.8, 4) is 0 Å². The predicted octanol–water partition coefficient (Wildman–Crippen LogP) is 8.40. The van der Waals surface area contributed by atoms with Gasteiger partial charge in [0.1, 0.15) is 32.7 Å². The van der Waals surface area contributed by atoms with Crippen molar-refractivity contribution in [2.24, 2.45) is 0 Å². The molecule has 0 unspecified atom stereocenters. The van der Waals surface area contributed by atoms with E-state index in [9.17, 15) is 35.4 Å². The molecule has 12 nitrogen and oxygen atoms in total. The van der Waals surface area contributed by atoms with Crippen LogP contribution < -0.4 is 8.97 Å². The summed E-state index contributed by atoms with van der Waals surface area (Å²) in [6.07, 6.45) is 0.866. The van der Waals surface area contributed by atoms with E-state index < -0.39 is 5.97 Å². The molecule has 0 aliphatic heterocycles. The molecule has 0 radical (unpaired) electrons. The molecule has 0 heterocycles. The third-order valence-electron chi connectivity index (χ3n) is 12.1. The number of aromatic carboxylic acids is 1. The number of benzene rings is 3. The summed E-state index contributed by atoms with van der Waals surface area (Å²) in [5.41, 5.74) is 4.83. The molecule has 0 atom stereocenters. The Labute approximate surface area is 534 Å². The molecular weight excluding hydrogens is 1720 g/mol. The maximum Gasteiger partial charge on any atom is 0.337 e. The van der Waals surface area contributed by atoms with Crippen LogP contribution in [0.15, 0.2) is 29.4 Å². The van der Waals surface area contributed by atoms with Gasteiger partial charge in [-0.2, -0.15) is 25.3 Å². The van der Waals surface area contributed by atoms with Gasteiger partial charge < -0.3 is 30.6 Å². The summed E-state index contributed by atoms with van der Waals surface area (Å²) in [7, 11) is 0. The number of halogens is 6. The highest BCUT2D eigenvalue weighted by Crippen LogP contribution is 2.45. The average Bonchev–Trinajstić information content (AvgIpc) is 3.29. The molecule has 69 heavy (non-hydrogen) atoms. The Morgan fingerprint density at radius 2 is 0.696 bits per heavy atom. The summed E-state index contributed by atoms with van der Waals surface area (Å²) >= 11 is 53.1. The van der Waals surface area contributed by atoms with Crippen molar-refractivity contribution >= 4 is 254 Å². The van der Waals surface area contributed by atoms with Crippen LogP contribution in [0.1, 0.15) is 40.4 Å². The van der Waals surface area contributed by atoms with E-state index in [1.807, 2.05) is 0 Å². The minimum Gasteiger partial charge on any atom is -0.478 e. The number of aliphatic hydroxyl groups is 5. The number of nitrogens with zero attached hydrogens (tertiary/aromatic N) is 5. The molecule has 390 valence electrons. The van der Waals surface area contributed by atoms with Gasteiger partial charge in [0, 0.05) is 107 Å². The number of hydrogen-bond donors (Lipinski definition) is 14. The maximum absolute atomic E-state index is 12.4. The number of thiol groups is 8. The number of carboxylic acid groups (broad SMARTS) is 1. The van der Waals surface area contributed by atoms with Gasteiger partial charge in [-0.15, -0.1) is 75.8 Å². The van der Waals surface area contributed by atoms with Crippen LogP contribution in [-0.2, 0) is 19.6 Å². The number of quaternary nitrogens is 2. The number of aliphatic hydroxyl groups excluding tert-OH is 5. The zero-order valence-corrected chi connectivity index (χ0v) is 58.0. The van der Waals surface area contributed by atoms with E-state index in [4.69, 9.17) is 75.8 Å². The maximum atomic E-state index is 12.4. The van der Waals surface area contributed by atoms with Crippen molar-refractivity contribution in [1.82, 2.24) is 23.7 Å². The fraction of sp³-hybridized carbons (Fsp3) is 0.558. The molecule has 3 rings (SSSR count). The quantitative estimate of drug-likeness (QED) is 0.0172. The number of hydrogen-bond acceptors (Lipinski definition) is 17. The highest BCUT2D eigenvalue weighted by molar-refractivity contribution is 14.1. The second-order valence-electron chi connectivity index (χ2n) is 16.3. The van der Waals surface area contributed by atoms with E-state index in [0.29, 0.717) is 125 Å². The Balaban J connectivity index is 2.12. The lowest BCUT2D eigenvalue weighted by Gasteiger charge is -2.39. The first-order valence-corrected chi connectivity index (χ1v) is 32.2. The Morgan fingerprint density at radius 3 is 0.928 bits per heavy atom. The molecule has 0 amide bonds. The molecule has 26 heteroatoms. The molecule has 0 aromatic heterocycles. The molecule has 0 saturated heterocycles. The smallest absolute Gasteiger partial charge is 0.337 e. The highest BCUT2D eigenvalue weighted by Gasteiger charge is 2.38. The molecule has 0 spiro atoms. The van der Waals surface area contributed by atoms with Crippen LogP contribution in [0.3, 0.4) is 0 Å². The molecular formula is C43H63I6N5O7S8+2. The number of carbonyl (C=O) groups is 1. The Kier molecular flexibility index (Phi) is 32.0. The molecule has 6 N–H and O–H groups in total. The van der Waals surface area contributed by atoms with E-state index in [0.717, 1.165) is 74.9 Å². The van der Waals surface area contributed by atoms with Crippen LogP contribution in [0, 0.1) is 21.4 Å². The van der Waals surface area contributed by atoms with Gasteiger partial charge in [0.15, 0.2) is 11.4 Å². The van der Waals surface area contributed by atoms with E-state index in [1.165, 1.54) is 0 Å². The summed E-state index contributed by atoms with van der Waals surface area (Å²) in [4.78, 5) is 23.7. The van der Waals surface area contributed by atoms with Crippen molar-refractivity contribution in [3.63, 3.8) is 0 Å². The zero-order chi connectivity index (χ0) is 52.0. The van der Waals surface area contributed by atoms with Gasteiger partial charge in [-0.1, -0.05) is 6.92 Å². The molecule has 0 aliphatic rings. The molecule has 0 bridgehead atoms. The lowest BCUT2D eigenvalue weighted by molar-refractivity contribution is 0.0693. The standard InChI is InChI=1S/C43H61I6N5O7S8/c1-2-9-53(10-15-55,11-16-56)35-31(46)39(66)26(40(67)32(35)47)23-51(7-20-62)5-3-50(22-25-37(64)29(44)28(43(60)61)30(45)38(25)65)4-6-52(8-21-63)24-27-41(68)33(48)36(34(49)42(27)69)54(12-17-57,13-18-58)14-19-59/h55-59H,2-24H2,1H3,(H7-2,60,61,62,63,64,65,66,67,68,69)/p+2. The van der Waals surface area contributed by atoms with E-state index in [1.54, 1.807) is 0 Å². The van der Waals surface area contributed by atoms with Crippen LogP contribution in [0.2, 0.25) is 0 Å². The monoisotopic (exact) mass is 1780 g/mol. The normalized spacial score (nSPS) is 12.4. The topological polar surface area (TPSA) is 148 Å². The summed E-state index contributed by atoms with van der Waals surface area (Å²) in [6.45, 7) is 9.65. The van der Waals surface area contributed by atoms with Gasteiger partial charge >= 0.3 is 5.97 Å². The third-order valence-corrected chi connectivity index (χ3v) is 24.4. The van der Waals surface area contributed by atoms with E-state index in [-0.39, 0.29) is 43.1 Å². The number of carboxylic acids is 1. The van der Waals surface area contributed by atoms with Crippen LogP contribution in [0.5, 0.6) is 0 Å². The van der Waals surface area contributed by atoms with Crippen LogP contribution in [-0.4, -0.2) is 174 Å². The van der Waals surface area contributed by atoms with Crippen molar-refractivity contribution in [2.45, 2.75) is 62.4 Å². The van der Waals surface area contributed by atoms with Crippen molar-refractivity contribution < 1.29 is 35.4 Å². The third kappa shape index (κ3) is 17.0. The van der Waals surface area contributed by atoms with Gasteiger partial charge in [-0.3, -0.25) is 23.7 Å². The SMILES string of the molecule is CCC[N+](CCO)(CCO)c1c(I)c(S)c(CN(CCS)CCN(CCN(CCS)Cc2c(S)c(I)c([N+](CCO)(CCO)CCO)c(I)c2S)Cc2c(S)c(I)c(C(=O)O)c(I)c2S)c(S)c1I. The molecule has 0 saturated carbocycles. The van der Waals surface area contributed by atoms with Crippen LogP contribution in [0.25, 0.3) is 0 Å². The van der Waals surface area contributed by atoms with E-state index in [2.05, 4.69) is 182 Å². The minimum atomic E-state index is -1.03. The minimum absolute atomic E-state index is 0.0234. The molecule has 0 aliphatic carbocycles. The Hall–Kier alpha value is 3.91. The zero-order valence-electron chi connectivity index (χ0n) is 37.9. The van der Waals surface area contributed by atoms with Crippen molar-refractivity contribution in [1.29, 1.82) is 0 Å². The average molecular weight is 1780 g/mol. The molecule has 0 fully saturated rings. The Bertz CT molecular complexity index is 2000. The highest BCUT2D eigenvalue weighted by atomic mass is 127. The predicted molar refractivity (Wildman–Crippen MR) is 358 cm³/mol. The van der Waals surface area contributed by atoms with Gasteiger partial charge in [-0.05, 0) is 159 Å². The van der Waals surface area contributed by atoms with Gasteiger partial charge in [0.25, 0.3) is 0 Å². The fourth-order valence-electron chi connectivity index (χ4n) is 8.63. The van der Waals surface area contributed by atoms with Gasteiger partial charge in [-0.25, -0.2) is 4.79 Å². The molecule has 3 aromatic rings. The first-order chi connectivity index (χ1) is 32.7. The number of rotatable bonds is 31. The summed E-state index contributed by atoms with van der Waals surface area (Å²) in [5.74, 6) is 0.170. The lowest BCUT2D eigenvalue weighted by Crippen LogP contribution is -2.55.